The van der Waals surface area contributed by atoms with Gasteiger partial charge >= 0.3 is 44.7 Å². The predicted molar refractivity (Wildman–Crippen MR) is 33.9 cm³/mol. The molecule has 0 aliphatic carbocycles. The summed E-state index contributed by atoms with van der Waals surface area (Å²) < 4.78 is 14.2. The summed E-state index contributed by atoms with van der Waals surface area (Å²) in [5.74, 6) is 0. The fraction of sp³-hybridized carbons (Fsp3) is 1.00. The molecule has 0 amide bonds. The summed E-state index contributed by atoms with van der Waals surface area (Å²) in [6.45, 7) is 0. The minimum absolute atomic E-state index is 0. The van der Waals surface area contributed by atoms with Crippen LogP contribution in [-0.2, 0) is 11.4 Å². The van der Waals surface area contributed by atoms with E-state index >= 15 is 0 Å². The molecule has 0 aromatic rings. The molecule has 0 saturated carbocycles. The molecular formula is C3H10AlNaO3. The second kappa shape index (κ2) is 8.41. The summed E-state index contributed by atoms with van der Waals surface area (Å²) in [4.78, 5) is 0. The molecule has 0 N–H and O–H groups in total. The van der Waals surface area contributed by atoms with Gasteiger partial charge < -0.3 is 11.4 Å². The Morgan fingerprint density at radius 1 is 0.875 bits per heavy atom. The molecule has 0 heterocycles. The van der Waals surface area contributed by atoms with Gasteiger partial charge in [0.05, 0.1) is 0 Å². The van der Waals surface area contributed by atoms with Crippen LogP contribution in [0.1, 0.15) is 0 Å². The Balaban J connectivity index is 0. The zero-order chi connectivity index (χ0) is 5.70. The van der Waals surface area contributed by atoms with Crippen LogP contribution in [0.2, 0.25) is 0 Å². The van der Waals surface area contributed by atoms with Crippen LogP contribution < -0.4 is 0 Å². The third kappa shape index (κ3) is 5.55. The van der Waals surface area contributed by atoms with Crippen LogP contribution in [0, 0.1) is 0 Å². The van der Waals surface area contributed by atoms with Crippen LogP contribution >= 0.6 is 0 Å². The van der Waals surface area contributed by atoms with Crippen LogP contribution in [0.15, 0.2) is 0 Å². The van der Waals surface area contributed by atoms with Gasteiger partial charge in [0.15, 0.2) is 0 Å². The average molecular weight is 144 g/mol. The van der Waals surface area contributed by atoms with Gasteiger partial charge in [-0.1, -0.05) is 0 Å². The molecule has 0 bridgehead atoms. The van der Waals surface area contributed by atoms with Crippen molar-refractivity contribution < 1.29 is 11.4 Å². The van der Waals surface area contributed by atoms with Crippen molar-refractivity contribution in [3.8, 4) is 0 Å². The fourth-order valence-corrected chi connectivity index (χ4v) is 0.866. The Morgan fingerprint density at radius 2 is 1.12 bits per heavy atom. The molecule has 0 aliphatic rings. The summed E-state index contributed by atoms with van der Waals surface area (Å²) in [5, 5.41) is 0. The predicted octanol–water partition coefficient (Wildman–Crippen LogP) is -0.738. The number of rotatable bonds is 3. The Labute approximate surface area is 77.0 Å². The van der Waals surface area contributed by atoms with E-state index in [1.807, 2.05) is 0 Å². The SMILES string of the molecule is C[O][Al]([O]C)[O]C.[NaH]. The monoisotopic (exact) mass is 144 g/mol. The van der Waals surface area contributed by atoms with Crippen molar-refractivity contribution in [3.05, 3.63) is 0 Å². The standard InChI is InChI=1S/3CH3O.Al.Na.H/c3*1-2;;;/h3*1H3;;;/q3*-1;+3;;. The molecule has 0 aromatic carbocycles. The van der Waals surface area contributed by atoms with Crippen molar-refractivity contribution in [2.45, 2.75) is 0 Å². The summed E-state index contributed by atoms with van der Waals surface area (Å²) in [7, 11) is 4.72. The van der Waals surface area contributed by atoms with Crippen LogP contribution in [0.5, 0.6) is 0 Å². The molecule has 0 unspecified atom stereocenters. The van der Waals surface area contributed by atoms with E-state index in [9.17, 15) is 0 Å². The van der Waals surface area contributed by atoms with E-state index < -0.39 is 15.1 Å². The number of hydrogen-bond acceptors (Lipinski definition) is 3. The average Bonchev–Trinajstić information content (AvgIpc) is 1.72. The van der Waals surface area contributed by atoms with Gasteiger partial charge in [-0.25, -0.2) is 0 Å². The normalized spacial score (nSPS) is 7.88. The van der Waals surface area contributed by atoms with Gasteiger partial charge in [0.25, 0.3) is 0 Å². The molecule has 0 saturated heterocycles. The molecule has 8 heavy (non-hydrogen) atoms. The maximum atomic E-state index is 4.74. The summed E-state index contributed by atoms with van der Waals surface area (Å²) in [6, 6.07) is 0. The molecule has 0 aliphatic heterocycles. The molecule has 44 valence electrons. The van der Waals surface area contributed by atoms with Gasteiger partial charge in [0, 0.05) is 21.3 Å². The van der Waals surface area contributed by atoms with Crippen molar-refractivity contribution in [1.82, 2.24) is 0 Å². The molecule has 0 aromatic heterocycles. The molecule has 0 spiro atoms. The Kier molecular flexibility index (Phi) is 12.7. The van der Waals surface area contributed by atoms with Crippen LogP contribution in [0.4, 0.5) is 0 Å². The summed E-state index contributed by atoms with van der Waals surface area (Å²) >= 11 is -1.67. The van der Waals surface area contributed by atoms with Gasteiger partial charge in [0.1, 0.15) is 0 Å². The molecule has 5 heteroatoms. The van der Waals surface area contributed by atoms with Crippen molar-refractivity contribution in [2.75, 3.05) is 21.3 Å². The van der Waals surface area contributed by atoms with E-state index in [4.69, 9.17) is 11.4 Å². The van der Waals surface area contributed by atoms with E-state index in [0.717, 1.165) is 0 Å². The summed E-state index contributed by atoms with van der Waals surface area (Å²) in [5.41, 5.74) is 0. The Hall–Kier alpha value is 1.41. The molecular weight excluding hydrogens is 134 g/mol. The minimum atomic E-state index is -1.67. The molecule has 0 atom stereocenters. The topological polar surface area (TPSA) is 27.7 Å². The first kappa shape index (κ1) is 12.1. The Bertz CT molecular complexity index is 36.0. The van der Waals surface area contributed by atoms with Crippen LogP contribution in [0.3, 0.4) is 0 Å². The van der Waals surface area contributed by atoms with Crippen LogP contribution in [-0.4, -0.2) is 66.0 Å². The van der Waals surface area contributed by atoms with Gasteiger partial charge in [0.2, 0.25) is 0 Å². The van der Waals surface area contributed by atoms with Crippen molar-refractivity contribution in [3.63, 3.8) is 0 Å². The fourth-order valence-electron chi connectivity index (χ4n) is 0.289. The van der Waals surface area contributed by atoms with Gasteiger partial charge in [-0.3, -0.25) is 0 Å². The number of hydrogen-bond donors (Lipinski definition) is 0. The second-order valence-corrected chi connectivity index (χ2v) is 2.99. The van der Waals surface area contributed by atoms with E-state index in [2.05, 4.69) is 0 Å². The maximum absolute atomic E-state index is 4.74. The zero-order valence-corrected chi connectivity index (χ0v) is 5.96. The van der Waals surface area contributed by atoms with E-state index in [0.29, 0.717) is 0 Å². The van der Waals surface area contributed by atoms with Crippen molar-refractivity contribution in [1.29, 1.82) is 0 Å². The first-order chi connectivity index (χ1) is 3.35. The molecule has 0 fully saturated rings. The molecule has 0 rings (SSSR count). The van der Waals surface area contributed by atoms with E-state index in [1.165, 1.54) is 0 Å². The van der Waals surface area contributed by atoms with E-state index in [1.54, 1.807) is 21.3 Å². The first-order valence-corrected chi connectivity index (χ1v) is 3.35. The molecule has 3 nitrogen and oxygen atoms in total. The third-order valence-corrected chi connectivity index (χ3v) is 1.73. The first-order valence-electron chi connectivity index (χ1n) is 1.93. The second-order valence-electron chi connectivity index (χ2n) is 0.996. The van der Waals surface area contributed by atoms with Gasteiger partial charge in [-0.15, -0.1) is 0 Å². The van der Waals surface area contributed by atoms with Crippen LogP contribution in [0.25, 0.3) is 0 Å². The Morgan fingerprint density at radius 3 is 1.12 bits per heavy atom. The van der Waals surface area contributed by atoms with E-state index in [-0.39, 0.29) is 29.6 Å². The third-order valence-electron chi connectivity index (χ3n) is 0.577. The van der Waals surface area contributed by atoms with Gasteiger partial charge in [-0.05, 0) is 0 Å². The van der Waals surface area contributed by atoms with Gasteiger partial charge in [-0.2, -0.15) is 0 Å². The van der Waals surface area contributed by atoms with Crippen molar-refractivity contribution in [2.24, 2.45) is 0 Å². The molecule has 0 radical (unpaired) electrons. The zero-order valence-electron chi connectivity index (χ0n) is 4.80. The van der Waals surface area contributed by atoms with Crippen molar-refractivity contribution >= 4 is 44.7 Å². The quantitative estimate of drug-likeness (QED) is 0.488. The summed E-state index contributed by atoms with van der Waals surface area (Å²) in [6.07, 6.45) is 0.